The molecule has 0 saturated carbocycles. The van der Waals surface area contributed by atoms with Gasteiger partial charge in [-0.15, -0.1) is 0 Å². The fraction of sp³-hybridized carbons (Fsp3) is 0.182. The van der Waals surface area contributed by atoms with Crippen LogP contribution in [0.1, 0.15) is 11.3 Å². The van der Waals surface area contributed by atoms with Gasteiger partial charge >= 0.3 is 6.18 Å². The molecule has 3 N–H and O–H groups in total. The first-order chi connectivity index (χ1) is 8.02. The van der Waals surface area contributed by atoms with Crippen LogP contribution in [0.4, 0.5) is 13.2 Å². The van der Waals surface area contributed by atoms with Gasteiger partial charge in [0.2, 0.25) is 0 Å². The highest BCUT2D eigenvalue weighted by atomic mass is 19.4. The van der Waals surface area contributed by atoms with Crippen molar-refractivity contribution in [3.63, 3.8) is 0 Å². The van der Waals surface area contributed by atoms with Gasteiger partial charge in [0.1, 0.15) is 0 Å². The van der Waals surface area contributed by atoms with Crippen LogP contribution in [0, 0.1) is 0 Å². The summed E-state index contributed by atoms with van der Waals surface area (Å²) in [7, 11) is 0. The third-order valence-corrected chi connectivity index (χ3v) is 2.36. The molecule has 0 bridgehead atoms. The summed E-state index contributed by atoms with van der Waals surface area (Å²) in [5, 5.41) is 6.42. The zero-order valence-corrected chi connectivity index (χ0v) is 8.75. The Morgan fingerprint density at radius 2 is 1.94 bits per heavy atom. The number of nitrogens with two attached hydrogens (primary N) is 1. The second-order valence-electron chi connectivity index (χ2n) is 3.53. The lowest BCUT2D eigenvalue weighted by Crippen LogP contribution is -2.06. The smallest absolute Gasteiger partial charge is 0.325 e. The highest BCUT2D eigenvalue weighted by Gasteiger charge is 2.33. The molecule has 0 aliphatic heterocycles. The van der Waals surface area contributed by atoms with Crippen LogP contribution in [0.25, 0.3) is 11.3 Å². The van der Waals surface area contributed by atoms with Crippen molar-refractivity contribution >= 4 is 0 Å². The monoisotopic (exact) mass is 241 g/mol. The fourth-order valence-electron chi connectivity index (χ4n) is 1.56. The number of aromatic amines is 1. The summed E-state index contributed by atoms with van der Waals surface area (Å²) in [5.41, 5.74) is 5.57. The predicted octanol–water partition coefficient (Wildman–Crippen LogP) is 2.55. The minimum atomic E-state index is -4.39. The van der Waals surface area contributed by atoms with Crippen molar-refractivity contribution in [2.24, 2.45) is 5.73 Å². The lowest BCUT2D eigenvalue weighted by atomic mass is 10.0. The van der Waals surface area contributed by atoms with E-state index in [9.17, 15) is 13.2 Å². The van der Waals surface area contributed by atoms with Crippen LogP contribution in [-0.2, 0) is 12.7 Å². The normalized spacial score (nSPS) is 11.8. The summed E-state index contributed by atoms with van der Waals surface area (Å²) in [6.07, 6.45) is -4.39. The molecule has 0 fully saturated rings. The second kappa shape index (κ2) is 4.21. The fourth-order valence-corrected chi connectivity index (χ4v) is 1.56. The molecule has 0 amide bonds. The van der Waals surface area contributed by atoms with E-state index in [1.165, 1.54) is 18.2 Å². The number of hydrogen-bond donors (Lipinski definition) is 2. The van der Waals surface area contributed by atoms with Gasteiger partial charge in [-0.2, -0.15) is 18.3 Å². The first-order valence-corrected chi connectivity index (χ1v) is 4.93. The molecule has 2 rings (SSSR count). The molecule has 2 aromatic rings. The standard InChI is InChI=1S/C11H10F3N3/c12-11(13,14)9-4-2-1-3-8(9)10-5-7(6-15)16-17-10/h1-5H,6,15H2,(H,16,17). The summed E-state index contributed by atoms with van der Waals surface area (Å²) in [6, 6.07) is 6.83. The zero-order valence-electron chi connectivity index (χ0n) is 8.75. The van der Waals surface area contributed by atoms with E-state index < -0.39 is 11.7 Å². The molecule has 1 aromatic heterocycles. The third kappa shape index (κ3) is 2.31. The van der Waals surface area contributed by atoms with Crippen molar-refractivity contribution in [3.8, 4) is 11.3 Å². The van der Waals surface area contributed by atoms with Crippen LogP contribution < -0.4 is 5.73 Å². The van der Waals surface area contributed by atoms with Gasteiger partial charge in [-0.3, -0.25) is 5.10 Å². The maximum atomic E-state index is 12.8. The summed E-state index contributed by atoms with van der Waals surface area (Å²) >= 11 is 0. The van der Waals surface area contributed by atoms with E-state index in [2.05, 4.69) is 10.2 Å². The Bertz CT molecular complexity index is 517. The van der Waals surface area contributed by atoms with Gasteiger partial charge < -0.3 is 5.73 Å². The van der Waals surface area contributed by atoms with Gasteiger partial charge in [0.05, 0.1) is 11.3 Å². The Morgan fingerprint density at radius 3 is 2.53 bits per heavy atom. The largest absolute Gasteiger partial charge is 0.417 e. The minimum absolute atomic E-state index is 0.0518. The topological polar surface area (TPSA) is 54.7 Å². The van der Waals surface area contributed by atoms with Crippen LogP contribution in [0.15, 0.2) is 30.3 Å². The number of benzene rings is 1. The van der Waals surface area contributed by atoms with Crippen molar-refractivity contribution in [2.45, 2.75) is 12.7 Å². The zero-order chi connectivity index (χ0) is 12.5. The number of aromatic nitrogens is 2. The first-order valence-electron chi connectivity index (χ1n) is 4.93. The highest BCUT2D eigenvalue weighted by Crippen LogP contribution is 2.36. The molecule has 0 saturated heterocycles. The van der Waals surface area contributed by atoms with Crippen LogP contribution in [0.2, 0.25) is 0 Å². The second-order valence-corrected chi connectivity index (χ2v) is 3.53. The van der Waals surface area contributed by atoms with Crippen molar-refractivity contribution < 1.29 is 13.2 Å². The molecular weight excluding hydrogens is 231 g/mol. The first kappa shape index (κ1) is 11.7. The van der Waals surface area contributed by atoms with E-state index in [-0.39, 0.29) is 17.8 Å². The quantitative estimate of drug-likeness (QED) is 0.848. The number of nitrogens with one attached hydrogen (secondary N) is 1. The summed E-state index contributed by atoms with van der Waals surface area (Å²) in [6.45, 7) is 0.210. The van der Waals surface area contributed by atoms with Crippen molar-refractivity contribution in [2.75, 3.05) is 0 Å². The van der Waals surface area contributed by atoms with Crippen LogP contribution in [0.5, 0.6) is 0 Å². The summed E-state index contributed by atoms with van der Waals surface area (Å²) < 4.78 is 38.3. The van der Waals surface area contributed by atoms with Crippen molar-refractivity contribution in [1.82, 2.24) is 10.2 Å². The van der Waals surface area contributed by atoms with Gasteiger partial charge in [-0.25, -0.2) is 0 Å². The van der Waals surface area contributed by atoms with Gasteiger partial charge in [0.15, 0.2) is 0 Å². The number of halogens is 3. The van der Waals surface area contributed by atoms with Gasteiger partial charge in [-0.1, -0.05) is 18.2 Å². The molecule has 0 aliphatic rings. The molecule has 0 radical (unpaired) electrons. The number of rotatable bonds is 2. The number of hydrogen-bond acceptors (Lipinski definition) is 2. The van der Waals surface area contributed by atoms with E-state index in [0.717, 1.165) is 6.07 Å². The Kier molecular flexibility index (Phi) is 2.89. The number of H-pyrrole nitrogens is 1. The molecule has 0 atom stereocenters. The average molecular weight is 241 g/mol. The van der Waals surface area contributed by atoms with Gasteiger partial charge in [0.25, 0.3) is 0 Å². The van der Waals surface area contributed by atoms with E-state index in [1.807, 2.05) is 0 Å². The van der Waals surface area contributed by atoms with Crippen LogP contribution in [0.3, 0.4) is 0 Å². The van der Waals surface area contributed by atoms with Gasteiger partial charge in [-0.05, 0) is 12.1 Å². The Labute approximate surface area is 95.5 Å². The Morgan fingerprint density at radius 1 is 1.24 bits per heavy atom. The molecule has 1 aromatic carbocycles. The molecule has 0 spiro atoms. The molecule has 17 heavy (non-hydrogen) atoms. The lowest BCUT2D eigenvalue weighted by molar-refractivity contribution is -0.137. The molecule has 90 valence electrons. The minimum Gasteiger partial charge on any atom is -0.325 e. The SMILES string of the molecule is NCc1cc(-c2ccccc2C(F)(F)F)n[nH]1. The van der Waals surface area contributed by atoms with Crippen LogP contribution >= 0.6 is 0 Å². The highest BCUT2D eigenvalue weighted by molar-refractivity contribution is 5.64. The Balaban J connectivity index is 2.52. The van der Waals surface area contributed by atoms with E-state index in [4.69, 9.17) is 5.73 Å². The van der Waals surface area contributed by atoms with Gasteiger partial charge in [0, 0.05) is 17.8 Å². The third-order valence-electron chi connectivity index (χ3n) is 2.36. The number of alkyl halides is 3. The molecule has 6 heteroatoms. The maximum absolute atomic E-state index is 12.8. The van der Waals surface area contributed by atoms with E-state index in [0.29, 0.717) is 5.69 Å². The molecule has 3 nitrogen and oxygen atoms in total. The summed E-state index contributed by atoms with van der Waals surface area (Å²) in [5.74, 6) is 0. The molecular formula is C11H10F3N3. The number of nitrogens with zero attached hydrogens (tertiary/aromatic N) is 1. The van der Waals surface area contributed by atoms with Crippen LogP contribution in [-0.4, -0.2) is 10.2 Å². The summed E-state index contributed by atoms with van der Waals surface area (Å²) in [4.78, 5) is 0. The van der Waals surface area contributed by atoms with E-state index in [1.54, 1.807) is 6.07 Å². The van der Waals surface area contributed by atoms with Crippen molar-refractivity contribution in [1.29, 1.82) is 0 Å². The maximum Gasteiger partial charge on any atom is 0.417 e. The van der Waals surface area contributed by atoms with E-state index >= 15 is 0 Å². The molecule has 0 unspecified atom stereocenters. The molecule has 1 heterocycles. The lowest BCUT2D eigenvalue weighted by Gasteiger charge is -2.10. The predicted molar refractivity (Wildman–Crippen MR) is 56.9 cm³/mol. The van der Waals surface area contributed by atoms with Crippen molar-refractivity contribution in [3.05, 3.63) is 41.6 Å². The molecule has 0 aliphatic carbocycles. The average Bonchev–Trinajstić information content (AvgIpc) is 2.76. The Hall–Kier alpha value is -1.82.